The Balaban J connectivity index is 1.47. The molecule has 4 rings (SSSR count). The fourth-order valence-corrected chi connectivity index (χ4v) is 3.50. The molecule has 0 saturated carbocycles. The zero-order valence-corrected chi connectivity index (χ0v) is 17.1. The summed E-state index contributed by atoms with van der Waals surface area (Å²) in [5.74, 6) is 0.845. The Labute approximate surface area is 178 Å². The molecule has 0 radical (unpaired) electrons. The molecule has 1 fully saturated rings. The summed E-state index contributed by atoms with van der Waals surface area (Å²) < 4.78 is 0. The summed E-state index contributed by atoms with van der Waals surface area (Å²) in [7, 11) is 0. The van der Waals surface area contributed by atoms with Gasteiger partial charge in [0.25, 0.3) is 0 Å². The van der Waals surface area contributed by atoms with Gasteiger partial charge in [0, 0.05) is 44.4 Å². The minimum absolute atomic E-state index is 0.0922. The lowest BCUT2D eigenvalue weighted by atomic mass is 10.1. The molecule has 8 heteroatoms. The van der Waals surface area contributed by atoms with E-state index in [1.165, 1.54) is 6.33 Å². The maximum Gasteiger partial charge on any atom is 0.185 e. The monoisotopic (exact) mass is 427 g/mol. The number of piperazine rings is 1. The fraction of sp³-hybridized carbons (Fsp3) is 0.238. The molecule has 1 aliphatic heterocycles. The number of nitrogens with one attached hydrogen (secondary N) is 1. The topological polar surface area (TPSA) is 71.0 Å². The van der Waals surface area contributed by atoms with Crippen molar-refractivity contribution >= 4 is 34.8 Å². The number of rotatable bonds is 5. The molecule has 1 aromatic carbocycles. The highest BCUT2D eigenvalue weighted by Crippen LogP contribution is 2.27. The van der Waals surface area contributed by atoms with Crippen LogP contribution in [0.15, 0.2) is 48.9 Å². The third-order valence-corrected chi connectivity index (χ3v) is 5.52. The van der Waals surface area contributed by atoms with Crippen LogP contribution >= 0.6 is 23.2 Å². The second kappa shape index (κ2) is 8.86. The van der Waals surface area contributed by atoms with Gasteiger partial charge in [-0.25, -0.2) is 15.0 Å². The van der Waals surface area contributed by atoms with E-state index in [0.29, 0.717) is 21.4 Å². The summed E-state index contributed by atoms with van der Waals surface area (Å²) in [6.07, 6.45) is 3.37. The molecular weight excluding hydrogens is 409 g/mol. The Morgan fingerprint density at radius 2 is 1.83 bits per heavy atom. The molecule has 3 heterocycles. The number of ketones is 1. The molecule has 29 heavy (non-hydrogen) atoms. The summed E-state index contributed by atoms with van der Waals surface area (Å²) in [4.78, 5) is 27.9. The molecule has 6 nitrogen and oxygen atoms in total. The molecule has 1 saturated heterocycles. The highest BCUT2D eigenvalue weighted by molar-refractivity contribution is 6.42. The number of aromatic nitrogens is 3. The van der Waals surface area contributed by atoms with Crippen molar-refractivity contribution in [3.05, 3.63) is 70.2 Å². The van der Waals surface area contributed by atoms with Gasteiger partial charge in [0.05, 0.1) is 15.7 Å². The number of hydrogen-bond acceptors (Lipinski definition) is 6. The zero-order valence-electron chi connectivity index (χ0n) is 15.6. The minimum atomic E-state index is -0.0922. The number of benzene rings is 1. The van der Waals surface area contributed by atoms with E-state index in [2.05, 4.69) is 25.2 Å². The van der Waals surface area contributed by atoms with Crippen LogP contribution in [-0.2, 0) is 6.42 Å². The molecule has 0 bridgehead atoms. The highest BCUT2D eigenvalue weighted by Gasteiger charge is 2.14. The molecule has 148 valence electrons. The standard InChI is InChI=1S/C21H19Cl2N5O/c22-16-3-2-15(10-17(16)23)18-11-19(27-13-26-18)20(29)9-14-1-4-21(25-12-14)28-7-5-24-6-8-28/h1-4,10-13,24H,5-9H2. The normalized spacial score (nSPS) is 14.1. The summed E-state index contributed by atoms with van der Waals surface area (Å²) in [5.41, 5.74) is 2.60. The van der Waals surface area contributed by atoms with Crippen LogP contribution in [0.1, 0.15) is 16.1 Å². The van der Waals surface area contributed by atoms with E-state index in [1.807, 2.05) is 18.2 Å². The quantitative estimate of drug-likeness (QED) is 0.626. The van der Waals surface area contributed by atoms with Crippen LogP contribution in [0.2, 0.25) is 10.0 Å². The number of nitrogens with zero attached hydrogens (tertiary/aromatic N) is 4. The molecule has 0 aliphatic carbocycles. The summed E-state index contributed by atoms with van der Waals surface area (Å²) in [6, 6.07) is 10.8. The van der Waals surface area contributed by atoms with Crippen molar-refractivity contribution in [2.45, 2.75) is 6.42 Å². The predicted molar refractivity (Wildman–Crippen MR) is 115 cm³/mol. The smallest absolute Gasteiger partial charge is 0.185 e. The molecule has 0 amide bonds. The van der Waals surface area contributed by atoms with Gasteiger partial charge < -0.3 is 10.2 Å². The molecule has 2 aromatic heterocycles. The van der Waals surface area contributed by atoms with Gasteiger partial charge in [-0.2, -0.15) is 0 Å². The van der Waals surface area contributed by atoms with Crippen LogP contribution in [0, 0.1) is 0 Å². The number of hydrogen-bond donors (Lipinski definition) is 1. The molecule has 3 aromatic rings. The Kier molecular flexibility index (Phi) is 6.04. The molecule has 1 aliphatic rings. The maximum atomic E-state index is 12.7. The van der Waals surface area contributed by atoms with Crippen molar-refractivity contribution < 1.29 is 4.79 Å². The van der Waals surface area contributed by atoms with E-state index in [0.717, 1.165) is 43.1 Å². The van der Waals surface area contributed by atoms with E-state index < -0.39 is 0 Å². The van der Waals surface area contributed by atoms with E-state index in [-0.39, 0.29) is 12.2 Å². The van der Waals surface area contributed by atoms with Gasteiger partial charge in [-0.1, -0.05) is 35.3 Å². The van der Waals surface area contributed by atoms with Gasteiger partial charge in [-0.05, 0) is 29.8 Å². The first-order valence-corrected chi connectivity index (χ1v) is 10.1. The van der Waals surface area contributed by atoms with Gasteiger partial charge in [0.1, 0.15) is 17.8 Å². The molecule has 1 N–H and O–H groups in total. The van der Waals surface area contributed by atoms with E-state index in [4.69, 9.17) is 23.2 Å². The summed E-state index contributed by atoms with van der Waals surface area (Å²) >= 11 is 12.1. The van der Waals surface area contributed by atoms with Crippen LogP contribution in [0.25, 0.3) is 11.3 Å². The van der Waals surface area contributed by atoms with Gasteiger partial charge in [-0.3, -0.25) is 4.79 Å². The maximum absolute atomic E-state index is 12.7. The summed E-state index contributed by atoms with van der Waals surface area (Å²) in [5, 5.41) is 4.23. The average molecular weight is 428 g/mol. The van der Waals surface area contributed by atoms with Crippen molar-refractivity contribution in [2.24, 2.45) is 0 Å². The minimum Gasteiger partial charge on any atom is -0.354 e. The SMILES string of the molecule is O=C(Cc1ccc(N2CCNCC2)nc1)c1cc(-c2ccc(Cl)c(Cl)c2)ncn1. The first-order chi connectivity index (χ1) is 14.1. The number of Topliss-reactive ketones (excluding diaryl/α,β-unsaturated/α-hetero) is 1. The molecule has 0 spiro atoms. The number of carbonyl (C=O) groups is 1. The summed E-state index contributed by atoms with van der Waals surface area (Å²) in [6.45, 7) is 3.78. The number of carbonyl (C=O) groups excluding carboxylic acids is 1. The van der Waals surface area contributed by atoms with Crippen LogP contribution in [0.4, 0.5) is 5.82 Å². The Morgan fingerprint density at radius 1 is 1.00 bits per heavy atom. The average Bonchev–Trinajstić information content (AvgIpc) is 2.77. The fourth-order valence-electron chi connectivity index (χ4n) is 3.20. The lowest BCUT2D eigenvalue weighted by Crippen LogP contribution is -2.43. The molecule has 0 unspecified atom stereocenters. The number of anilines is 1. The second-order valence-corrected chi connectivity index (χ2v) is 7.59. The molecule has 0 atom stereocenters. The largest absolute Gasteiger partial charge is 0.354 e. The second-order valence-electron chi connectivity index (χ2n) is 6.78. The van der Waals surface area contributed by atoms with Crippen LogP contribution in [-0.4, -0.2) is 46.9 Å². The van der Waals surface area contributed by atoms with Gasteiger partial charge in [0.2, 0.25) is 0 Å². The van der Waals surface area contributed by atoms with Crippen LogP contribution < -0.4 is 10.2 Å². The van der Waals surface area contributed by atoms with Gasteiger partial charge in [0.15, 0.2) is 5.78 Å². The van der Waals surface area contributed by atoms with E-state index in [9.17, 15) is 4.79 Å². The third-order valence-electron chi connectivity index (χ3n) is 4.78. The van der Waals surface area contributed by atoms with Crippen LogP contribution in [0.5, 0.6) is 0 Å². The van der Waals surface area contributed by atoms with Crippen molar-refractivity contribution in [3.63, 3.8) is 0 Å². The first kappa shape index (κ1) is 19.8. The van der Waals surface area contributed by atoms with Crippen LogP contribution in [0.3, 0.4) is 0 Å². The highest BCUT2D eigenvalue weighted by atomic mass is 35.5. The lowest BCUT2D eigenvalue weighted by molar-refractivity contribution is 0.0988. The van der Waals surface area contributed by atoms with Gasteiger partial charge in [-0.15, -0.1) is 0 Å². The number of halogens is 2. The third kappa shape index (κ3) is 4.72. The Hall–Kier alpha value is -2.54. The zero-order chi connectivity index (χ0) is 20.2. The lowest BCUT2D eigenvalue weighted by Gasteiger charge is -2.28. The van der Waals surface area contributed by atoms with Crippen molar-refractivity contribution in [3.8, 4) is 11.3 Å². The van der Waals surface area contributed by atoms with Crippen molar-refractivity contribution in [2.75, 3.05) is 31.1 Å². The van der Waals surface area contributed by atoms with Gasteiger partial charge >= 0.3 is 0 Å². The van der Waals surface area contributed by atoms with E-state index >= 15 is 0 Å². The Morgan fingerprint density at radius 3 is 2.55 bits per heavy atom. The Bertz CT molecular complexity index is 1020. The van der Waals surface area contributed by atoms with Crippen molar-refractivity contribution in [1.82, 2.24) is 20.3 Å². The first-order valence-electron chi connectivity index (χ1n) is 9.31. The predicted octanol–water partition coefficient (Wildman–Crippen LogP) is 3.68. The van der Waals surface area contributed by atoms with E-state index in [1.54, 1.807) is 24.4 Å². The molecular formula is C21H19Cl2N5O. The number of pyridine rings is 1. The van der Waals surface area contributed by atoms with Crippen molar-refractivity contribution in [1.29, 1.82) is 0 Å².